The normalized spacial score (nSPS) is 10.6. The summed E-state index contributed by atoms with van der Waals surface area (Å²) in [7, 11) is 0. The van der Waals surface area contributed by atoms with Crippen LogP contribution in [0, 0.1) is 6.92 Å². The zero-order valence-electron chi connectivity index (χ0n) is 15.2. The number of halogens is 1. The van der Waals surface area contributed by atoms with E-state index in [0.29, 0.717) is 43.0 Å². The standard InChI is InChI=1S/C19H23N5O2.ClH/c1-14-16(19(26)24-17(22-14)8-10-21-24)12-18(25)23(11-5-9-20)13-15-6-3-2-4-7-15;/h2-4,6-8,10,21H,5,9,11-13,20H2,1H3;1H. The summed E-state index contributed by atoms with van der Waals surface area (Å²) in [5, 5.41) is 2.83. The van der Waals surface area contributed by atoms with Gasteiger partial charge >= 0.3 is 0 Å². The topological polar surface area (TPSA) is 96.5 Å². The van der Waals surface area contributed by atoms with Crippen molar-refractivity contribution in [3.63, 3.8) is 0 Å². The van der Waals surface area contributed by atoms with Crippen LogP contribution in [-0.4, -0.2) is 38.5 Å². The van der Waals surface area contributed by atoms with Crippen LogP contribution in [0.4, 0.5) is 0 Å². The second kappa shape index (κ2) is 9.34. The number of nitrogens with zero attached hydrogens (tertiary/aromatic N) is 3. The highest BCUT2D eigenvalue weighted by atomic mass is 35.5. The molecule has 2 aromatic heterocycles. The highest BCUT2D eigenvalue weighted by Crippen LogP contribution is 2.10. The predicted molar refractivity (Wildman–Crippen MR) is 107 cm³/mol. The van der Waals surface area contributed by atoms with Crippen LogP contribution in [0.15, 0.2) is 47.4 Å². The maximum Gasteiger partial charge on any atom is 0.276 e. The lowest BCUT2D eigenvalue weighted by atomic mass is 10.1. The second-order valence-corrected chi connectivity index (χ2v) is 6.26. The number of hydrogen-bond donors (Lipinski definition) is 2. The monoisotopic (exact) mass is 389 g/mol. The Balaban J connectivity index is 0.00000261. The van der Waals surface area contributed by atoms with Crippen LogP contribution in [0.25, 0.3) is 5.65 Å². The Morgan fingerprint density at radius 1 is 1.26 bits per heavy atom. The van der Waals surface area contributed by atoms with E-state index in [4.69, 9.17) is 5.73 Å². The van der Waals surface area contributed by atoms with Gasteiger partial charge in [-0.25, -0.2) is 9.50 Å². The van der Waals surface area contributed by atoms with E-state index in [1.807, 2.05) is 30.3 Å². The van der Waals surface area contributed by atoms with Crippen molar-refractivity contribution < 1.29 is 4.79 Å². The number of hydrogen-bond acceptors (Lipinski definition) is 4. The molecule has 0 saturated carbocycles. The van der Waals surface area contributed by atoms with Crippen molar-refractivity contribution in [3.05, 3.63) is 69.8 Å². The molecule has 0 aliphatic heterocycles. The van der Waals surface area contributed by atoms with Gasteiger partial charge in [0.15, 0.2) is 5.65 Å². The second-order valence-electron chi connectivity index (χ2n) is 6.26. The number of fused-ring (bicyclic) bond motifs is 1. The van der Waals surface area contributed by atoms with Crippen LogP contribution >= 0.6 is 12.4 Å². The average molecular weight is 390 g/mol. The molecule has 0 fully saturated rings. The molecular weight excluding hydrogens is 366 g/mol. The zero-order chi connectivity index (χ0) is 18.5. The van der Waals surface area contributed by atoms with Gasteiger partial charge in [0, 0.05) is 36.6 Å². The van der Waals surface area contributed by atoms with Crippen LogP contribution in [0.3, 0.4) is 0 Å². The molecule has 2 heterocycles. The number of amides is 1. The lowest BCUT2D eigenvalue weighted by Gasteiger charge is -2.23. The Kier molecular flexibility index (Phi) is 7.15. The highest BCUT2D eigenvalue weighted by Gasteiger charge is 2.19. The van der Waals surface area contributed by atoms with E-state index >= 15 is 0 Å². The van der Waals surface area contributed by atoms with Gasteiger partial charge < -0.3 is 10.6 Å². The minimum absolute atomic E-state index is 0. The first-order valence-corrected chi connectivity index (χ1v) is 8.67. The molecule has 27 heavy (non-hydrogen) atoms. The summed E-state index contributed by atoms with van der Waals surface area (Å²) in [6, 6.07) is 11.5. The van der Waals surface area contributed by atoms with Crippen molar-refractivity contribution in [2.45, 2.75) is 26.3 Å². The summed E-state index contributed by atoms with van der Waals surface area (Å²) in [5.74, 6) is -0.101. The summed E-state index contributed by atoms with van der Waals surface area (Å²) in [6.45, 7) is 3.33. The number of aromatic nitrogens is 3. The highest BCUT2D eigenvalue weighted by molar-refractivity contribution is 5.85. The summed E-state index contributed by atoms with van der Waals surface area (Å²) in [5.41, 5.74) is 7.98. The smallest absolute Gasteiger partial charge is 0.276 e. The lowest BCUT2D eigenvalue weighted by Crippen LogP contribution is -2.35. The number of carbonyl (C=O) groups excluding carboxylic acids is 1. The van der Waals surface area contributed by atoms with Crippen LogP contribution in [0.1, 0.15) is 23.2 Å². The zero-order valence-corrected chi connectivity index (χ0v) is 16.0. The molecule has 3 N–H and O–H groups in total. The lowest BCUT2D eigenvalue weighted by molar-refractivity contribution is -0.131. The maximum absolute atomic E-state index is 12.9. The van der Waals surface area contributed by atoms with Gasteiger partial charge in [0.2, 0.25) is 5.91 Å². The van der Waals surface area contributed by atoms with Gasteiger partial charge in [-0.3, -0.25) is 14.7 Å². The number of benzene rings is 1. The molecule has 0 saturated heterocycles. The number of nitrogens with two attached hydrogens (primary N) is 1. The van der Waals surface area contributed by atoms with E-state index in [0.717, 1.165) is 5.56 Å². The minimum Gasteiger partial charge on any atom is -0.338 e. The van der Waals surface area contributed by atoms with Crippen molar-refractivity contribution in [2.75, 3.05) is 13.1 Å². The molecule has 3 rings (SSSR count). The fraction of sp³-hybridized carbons (Fsp3) is 0.316. The quantitative estimate of drug-likeness (QED) is 0.642. The first-order valence-electron chi connectivity index (χ1n) is 8.67. The number of nitrogens with one attached hydrogen (secondary N) is 1. The van der Waals surface area contributed by atoms with Gasteiger partial charge in [0.05, 0.1) is 6.42 Å². The van der Waals surface area contributed by atoms with Crippen LogP contribution < -0.4 is 11.3 Å². The molecule has 144 valence electrons. The van der Waals surface area contributed by atoms with Crippen molar-refractivity contribution in [1.82, 2.24) is 19.5 Å². The molecule has 3 aromatic rings. The van der Waals surface area contributed by atoms with Crippen LogP contribution in [0.2, 0.25) is 0 Å². The molecule has 8 heteroatoms. The number of H-pyrrole nitrogens is 1. The molecule has 1 aromatic carbocycles. The molecule has 0 radical (unpaired) electrons. The third-order valence-electron chi connectivity index (χ3n) is 4.37. The van der Waals surface area contributed by atoms with Gasteiger partial charge in [0.25, 0.3) is 5.56 Å². The molecule has 1 amide bonds. The number of carbonyl (C=O) groups is 1. The molecule has 0 atom stereocenters. The van der Waals surface area contributed by atoms with Gasteiger partial charge in [-0.2, -0.15) is 0 Å². The Bertz CT molecular complexity index is 952. The van der Waals surface area contributed by atoms with Crippen LogP contribution in [0.5, 0.6) is 0 Å². The van der Waals surface area contributed by atoms with Crippen molar-refractivity contribution >= 4 is 24.0 Å². The Morgan fingerprint density at radius 2 is 2.00 bits per heavy atom. The molecular formula is C19H24ClN5O2. The number of aromatic amines is 1. The molecule has 0 aliphatic rings. The molecule has 0 spiro atoms. The van der Waals surface area contributed by atoms with Crippen molar-refractivity contribution in [3.8, 4) is 0 Å². The summed E-state index contributed by atoms with van der Waals surface area (Å²) in [6.07, 6.45) is 2.39. The fourth-order valence-corrected chi connectivity index (χ4v) is 2.95. The van der Waals surface area contributed by atoms with E-state index < -0.39 is 0 Å². The van der Waals surface area contributed by atoms with Gasteiger partial charge in [0.1, 0.15) is 0 Å². The number of rotatable bonds is 7. The predicted octanol–water partition coefficient (Wildman–Crippen LogP) is 1.67. The first-order chi connectivity index (χ1) is 12.6. The maximum atomic E-state index is 12.9. The third-order valence-corrected chi connectivity index (χ3v) is 4.37. The molecule has 7 nitrogen and oxygen atoms in total. The Labute approximate surface area is 163 Å². The van der Waals surface area contributed by atoms with Gasteiger partial charge in [-0.1, -0.05) is 30.3 Å². The van der Waals surface area contributed by atoms with Crippen molar-refractivity contribution in [2.24, 2.45) is 5.73 Å². The van der Waals surface area contributed by atoms with Gasteiger partial charge in [-0.05, 0) is 25.5 Å². The van der Waals surface area contributed by atoms with E-state index in [9.17, 15) is 9.59 Å². The van der Waals surface area contributed by atoms with E-state index in [1.54, 1.807) is 24.1 Å². The molecule has 0 unspecified atom stereocenters. The summed E-state index contributed by atoms with van der Waals surface area (Å²) >= 11 is 0. The largest absolute Gasteiger partial charge is 0.338 e. The SMILES string of the molecule is Cc1nc2cc[nH]n2c(=O)c1CC(=O)N(CCCN)Cc1ccccc1.Cl. The van der Waals surface area contributed by atoms with E-state index in [2.05, 4.69) is 10.1 Å². The third kappa shape index (κ3) is 4.75. The molecule has 0 aliphatic carbocycles. The summed E-state index contributed by atoms with van der Waals surface area (Å²) < 4.78 is 1.36. The Morgan fingerprint density at radius 3 is 2.70 bits per heavy atom. The fourth-order valence-electron chi connectivity index (χ4n) is 2.95. The van der Waals surface area contributed by atoms with E-state index in [-0.39, 0.29) is 30.3 Å². The average Bonchev–Trinajstić information content (AvgIpc) is 3.11. The van der Waals surface area contributed by atoms with Crippen molar-refractivity contribution in [1.29, 1.82) is 0 Å². The Hall–Kier alpha value is -2.64. The van der Waals surface area contributed by atoms with E-state index in [1.165, 1.54) is 4.52 Å². The molecule has 0 bridgehead atoms. The van der Waals surface area contributed by atoms with Crippen LogP contribution in [-0.2, 0) is 17.8 Å². The van der Waals surface area contributed by atoms with Gasteiger partial charge in [-0.15, -0.1) is 12.4 Å². The summed E-state index contributed by atoms with van der Waals surface area (Å²) in [4.78, 5) is 31.7. The minimum atomic E-state index is -0.232. The number of aryl methyl sites for hydroxylation is 1. The first kappa shape index (κ1) is 20.7.